The van der Waals surface area contributed by atoms with Gasteiger partial charge in [-0.15, -0.1) is 11.3 Å². The molecule has 0 N–H and O–H groups in total. The molecule has 176 valence electrons. The van der Waals surface area contributed by atoms with Gasteiger partial charge in [-0.3, -0.25) is 9.59 Å². The van der Waals surface area contributed by atoms with Crippen LogP contribution in [0, 0.1) is 5.82 Å². The van der Waals surface area contributed by atoms with Crippen LogP contribution in [0.4, 0.5) is 17.6 Å². The third-order valence-electron chi connectivity index (χ3n) is 5.41. The Balaban J connectivity index is 1.54. The Labute approximate surface area is 196 Å². The van der Waals surface area contributed by atoms with Crippen molar-refractivity contribution in [3.05, 3.63) is 93.4 Å². The smallest absolute Gasteiger partial charge is 0.332 e. The average Bonchev–Trinajstić information content (AvgIpc) is 3.48. The van der Waals surface area contributed by atoms with Gasteiger partial charge in [0, 0.05) is 24.6 Å². The Hall–Kier alpha value is -3.53. The average molecular weight is 489 g/mol. The molecule has 1 atom stereocenters. The summed E-state index contributed by atoms with van der Waals surface area (Å²) in [6, 6.07) is 12.9. The molecule has 0 saturated heterocycles. The van der Waals surface area contributed by atoms with E-state index in [1.807, 2.05) is 17.5 Å². The van der Waals surface area contributed by atoms with Crippen molar-refractivity contribution in [1.29, 1.82) is 0 Å². The summed E-state index contributed by atoms with van der Waals surface area (Å²) < 4.78 is 52.9. The molecule has 0 fully saturated rings. The van der Waals surface area contributed by atoms with Gasteiger partial charge in [-0.2, -0.15) is 18.3 Å². The van der Waals surface area contributed by atoms with E-state index >= 15 is 0 Å². The van der Waals surface area contributed by atoms with Crippen LogP contribution in [0.15, 0.2) is 71.1 Å². The first-order chi connectivity index (χ1) is 16.1. The lowest BCUT2D eigenvalue weighted by atomic mass is 10.0. The Bertz CT molecular complexity index is 1220. The largest absolute Gasteiger partial charge is 0.416 e. The first-order valence-corrected chi connectivity index (χ1v) is 11.1. The number of hydrazone groups is 1. The maximum Gasteiger partial charge on any atom is 0.416 e. The molecule has 0 bridgehead atoms. The normalized spacial score (nSPS) is 15.9. The number of carbonyl (C=O) groups is 2. The number of halogens is 4. The van der Waals surface area contributed by atoms with Crippen LogP contribution in [0.5, 0.6) is 0 Å². The molecule has 3 aromatic rings. The van der Waals surface area contributed by atoms with Crippen molar-refractivity contribution in [3.8, 4) is 0 Å². The van der Waals surface area contributed by atoms with Gasteiger partial charge in [-0.05, 0) is 41.8 Å². The van der Waals surface area contributed by atoms with E-state index in [2.05, 4.69) is 5.10 Å². The van der Waals surface area contributed by atoms with Gasteiger partial charge in [0.1, 0.15) is 12.4 Å². The molecule has 1 aliphatic rings. The lowest BCUT2D eigenvalue weighted by Crippen LogP contribution is -2.39. The summed E-state index contributed by atoms with van der Waals surface area (Å²) in [5.74, 6) is -1.63. The van der Waals surface area contributed by atoms with E-state index in [1.165, 1.54) is 29.5 Å². The zero-order valence-electron chi connectivity index (χ0n) is 17.9. The highest BCUT2D eigenvalue weighted by Crippen LogP contribution is 2.35. The minimum atomic E-state index is -4.51. The topological polar surface area (TPSA) is 53.0 Å². The monoisotopic (exact) mass is 489 g/mol. The highest BCUT2D eigenvalue weighted by molar-refractivity contribution is 7.12. The number of likely N-dealkylation sites (N-methyl/N-ethyl adjacent to an activating group) is 1. The lowest BCUT2D eigenvalue weighted by molar-refractivity contribution is -0.137. The summed E-state index contributed by atoms with van der Waals surface area (Å²) in [5, 5.41) is 7.49. The fourth-order valence-electron chi connectivity index (χ4n) is 3.69. The van der Waals surface area contributed by atoms with Gasteiger partial charge in [0.15, 0.2) is 0 Å². The fraction of sp³-hybridized carbons (Fsp3) is 0.208. The number of alkyl halides is 3. The van der Waals surface area contributed by atoms with Gasteiger partial charge in [0.05, 0.1) is 22.2 Å². The fourth-order valence-corrected chi connectivity index (χ4v) is 4.41. The molecule has 0 saturated carbocycles. The molecule has 2 aromatic carbocycles. The van der Waals surface area contributed by atoms with E-state index in [1.54, 1.807) is 18.2 Å². The second kappa shape index (κ2) is 9.38. The molecule has 0 spiro atoms. The first-order valence-electron chi connectivity index (χ1n) is 10.3. The first kappa shape index (κ1) is 23.6. The quantitative estimate of drug-likeness (QED) is 0.454. The molecule has 10 heteroatoms. The molecule has 0 radical (unpaired) electrons. The number of nitrogens with zero attached hydrogens (tertiary/aromatic N) is 3. The summed E-state index contributed by atoms with van der Waals surface area (Å²) in [4.78, 5) is 27.8. The SMILES string of the molecule is CN(CC(=O)N1N=C(c2cccs2)C[C@@H]1c1ccccc1F)C(=O)c1ccc(C(F)(F)F)cc1. The van der Waals surface area contributed by atoms with Gasteiger partial charge in [0.25, 0.3) is 11.8 Å². The lowest BCUT2D eigenvalue weighted by Gasteiger charge is -2.25. The highest BCUT2D eigenvalue weighted by atomic mass is 32.1. The Morgan fingerprint density at radius 1 is 1.09 bits per heavy atom. The zero-order valence-corrected chi connectivity index (χ0v) is 18.7. The zero-order chi connectivity index (χ0) is 24.5. The summed E-state index contributed by atoms with van der Waals surface area (Å²) in [7, 11) is 1.37. The molecular weight excluding hydrogens is 470 g/mol. The van der Waals surface area contributed by atoms with Gasteiger partial charge >= 0.3 is 6.18 Å². The predicted octanol–water partition coefficient (Wildman–Crippen LogP) is 5.36. The van der Waals surface area contributed by atoms with Gasteiger partial charge in [-0.1, -0.05) is 24.3 Å². The van der Waals surface area contributed by atoms with Gasteiger partial charge < -0.3 is 4.90 Å². The van der Waals surface area contributed by atoms with E-state index in [4.69, 9.17) is 0 Å². The number of hydrogen-bond donors (Lipinski definition) is 0. The number of amides is 2. The summed E-state index contributed by atoms with van der Waals surface area (Å²) in [6.07, 6.45) is -4.21. The van der Waals surface area contributed by atoms with Gasteiger partial charge in [0.2, 0.25) is 0 Å². The summed E-state index contributed by atoms with van der Waals surface area (Å²) in [6.45, 7) is -0.383. The van der Waals surface area contributed by atoms with Crippen molar-refractivity contribution in [3.63, 3.8) is 0 Å². The van der Waals surface area contributed by atoms with E-state index < -0.39 is 35.4 Å². The Morgan fingerprint density at radius 2 is 1.79 bits per heavy atom. The molecule has 34 heavy (non-hydrogen) atoms. The molecule has 1 aliphatic heterocycles. The van der Waals surface area contributed by atoms with Gasteiger partial charge in [-0.25, -0.2) is 9.40 Å². The van der Waals surface area contributed by atoms with Crippen molar-refractivity contribution < 1.29 is 27.2 Å². The highest BCUT2D eigenvalue weighted by Gasteiger charge is 2.36. The minimum absolute atomic E-state index is 0.0122. The molecule has 0 aliphatic carbocycles. The predicted molar refractivity (Wildman–Crippen MR) is 120 cm³/mol. The van der Waals surface area contributed by atoms with E-state index in [0.29, 0.717) is 17.7 Å². The molecule has 4 rings (SSSR count). The standard InChI is InChI=1S/C24H19F4N3O2S/c1-30(23(33)15-8-10-16(11-9-15)24(26,27)28)14-22(32)31-20(17-5-2-3-6-18(17)25)13-19(29-31)21-7-4-12-34-21/h2-12,20H,13-14H2,1H3/t20-/m1/s1. The number of benzene rings is 2. The van der Waals surface area contributed by atoms with E-state index in [-0.39, 0.29) is 12.1 Å². The third-order valence-corrected chi connectivity index (χ3v) is 6.33. The van der Waals surface area contributed by atoms with Crippen LogP contribution in [0.2, 0.25) is 0 Å². The number of rotatable bonds is 5. The number of carbonyl (C=O) groups excluding carboxylic acids is 2. The number of thiophene rings is 1. The Kier molecular flexibility index (Phi) is 6.52. The third kappa shape index (κ3) is 4.86. The van der Waals surface area contributed by atoms with Crippen LogP contribution in [-0.4, -0.2) is 41.0 Å². The van der Waals surface area contributed by atoms with Crippen LogP contribution < -0.4 is 0 Å². The second-order valence-corrected chi connectivity index (χ2v) is 8.69. The molecule has 1 aromatic heterocycles. The molecule has 0 unspecified atom stereocenters. The van der Waals surface area contributed by atoms with Crippen LogP contribution in [0.1, 0.15) is 38.8 Å². The van der Waals surface area contributed by atoms with E-state index in [9.17, 15) is 27.2 Å². The van der Waals surface area contributed by atoms with E-state index in [0.717, 1.165) is 34.0 Å². The van der Waals surface area contributed by atoms with Crippen molar-refractivity contribution >= 4 is 28.9 Å². The van der Waals surface area contributed by atoms with Crippen LogP contribution in [-0.2, 0) is 11.0 Å². The second-order valence-electron chi connectivity index (χ2n) is 7.74. The van der Waals surface area contributed by atoms with Crippen LogP contribution >= 0.6 is 11.3 Å². The summed E-state index contributed by atoms with van der Waals surface area (Å²) >= 11 is 1.45. The molecule has 2 amide bonds. The maximum atomic E-state index is 14.5. The molecule has 5 nitrogen and oxygen atoms in total. The number of hydrogen-bond acceptors (Lipinski definition) is 4. The maximum absolute atomic E-state index is 14.5. The summed E-state index contributed by atoms with van der Waals surface area (Å²) in [5.41, 5.74) is 0.0809. The van der Waals surface area contributed by atoms with Crippen molar-refractivity contribution in [1.82, 2.24) is 9.91 Å². The molecular formula is C24H19F4N3O2S. The van der Waals surface area contributed by atoms with Crippen LogP contribution in [0.25, 0.3) is 0 Å². The Morgan fingerprint density at radius 3 is 2.41 bits per heavy atom. The molecule has 2 heterocycles. The van der Waals surface area contributed by atoms with Crippen molar-refractivity contribution in [2.75, 3.05) is 13.6 Å². The minimum Gasteiger partial charge on any atom is -0.332 e. The van der Waals surface area contributed by atoms with Crippen LogP contribution in [0.3, 0.4) is 0 Å². The van der Waals surface area contributed by atoms with Crippen molar-refractivity contribution in [2.45, 2.75) is 18.6 Å². The van der Waals surface area contributed by atoms with Crippen molar-refractivity contribution in [2.24, 2.45) is 5.10 Å².